The monoisotopic (exact) mass is 449 g/mol. The van der Waals surface area contributed by atoms with E-state index in [-0.39, 0.29) is 29.9 Å². The number of hydrogen-bond donors (Lipinski definition) is 0. The molecular weight excluding hydrogens is 418 g/mol. The number of benzene rings is 1. The fourth-order valence-corrected chi connectivity index (χ4v) is 6.41. The Kier molecular flexibility index (Phi) is 6.25. The first kappa shape index (κ1) is 22.1. The largest absolute Gasteiger partial charge is 0.482 e. The molecule has 2 atom stereocenters. The van der Waals surface area contributed by atoms with Crippen molar-refractivity contribution in [1.29, 1.82) is 0 Å². The Morgan fingerprint density at radius 1 is 1.10 bits per heavy atom. The van der Waals surface area contributed by atoms with Gasteiger partial charge in [-0.15, -0.1) is 0 Å². The zero-order valence-electron chi connectivity index (χ0n) is 18.2. The van der Waals surface area contributed by atoms with Gasteiger partial charge in [-0.1, -0.05) is 20.3 Å². The van der Waals surface area contributed by atoms with Gasteiger partial charge in [-0.25, -0.2) is 8.42 Å². The second-order valence-corrected chi connectivity index (χ2v) is 11.0. The first-order valence-corrected chi connectivity index (χ1v) is 12.5. The summed E-state index contributed by atoms with van der Waals surface area (Å²) in [5.74, 6) is 0.795. The van der Waals surface area contributed by atoms with E-state index in [1.54, 1.807) is 6.07 Å². The molecule has 4 rings (SSSR count). The van der Waals surface area contributed by atoms with Crippen molar-refractivity contribution in [3.05, 3.63) is 18.2 Å². The van der Waals surface area contributed by atoms with Gasteiger partial charge in [0.05, 0.1) is 10.6 Å². The molecule has 0 aromatic heterocycles. The molecular formula is C22H31N3O5S. The molecule has 2 unspecified atom stereocenters. The molecule has 1 aromatic rings. The third-order valence-electron chi connectivity index (χ3n) is 6.34. The number of ether oxygens (including phenoxy) is 1. The second kappa shape index (κ2) is 8.78. The first-order valence-electron chi connectivity index (χ1n) is 11.1. The Morgan fingerprint density at radius 3 is 2.45 bits per heavy atom. The zero-order valence-corrected chi connectivity index (χ0v) is 19.1. The number of carbonyl (C=O) groups is 2. The van der Waals surface area contributed by atoms with Crippen molar-refractivity contribution in [2.24, 2.45) is 11.8 Å². The third kappa shape index (κ3) is 4.57. The molecule has 3 aliphatic rings. The molecule has 3 heterocycles. The Hall–Kier alpha value is -2.13. The number of amides is 2. The van der Waals surface area contributed by atoms with Crippen molar-refractivity contribution in [3.63, 3.8) is 0 Å². The van der Waals surface area contributed by atoms with Crippen LogP contribution in [0.25, 0.3) is 0 Å². The van der Waals surface area contributed by atoms with E-state index in [9.17, 15) is 18.0 Å². The van der Waals surface area contributed by atoms with Crippen LogP contribution in [0.5, 0.6) is 5.75 Å². The Balaban J connectivity index is 1.59. The van der Waals surface area contributed by atoms with Crippen molar-refractivity contribution < 1.29 is 22.7 Å². The van der Waals surface area contributed by atoms with Gasteiger partial charge < -0.3 is 9.64 Å². The number of carbonyl (C=O) groups excluding carboxylic acids is 2. The maximum absolute atomic E-state index is 13.1. The molecule has 0 bridgehead atoms. The van der Waals surface area contributed by atoms with Gasteiger partial charge in [0, 0.05) is 26.2 Å². The van der Waals surface area contributed by atoms with E-state index in [0.29, 0.717) is 49.5 Å². The van der Waals surface area contributed by atoms with Crippen LogP contribution in [0.4, 0.5) is 5.69 Å². The highest BCUT2D eigenvalue weighted by molar-refractivity contribution is 7.89. The molecule has 3 aliphatic heterocycles. The lowest BCUT2D eigenvalue weighted by atomic mass is 9.92. The minimum atomic E-state index is -3.66. The first-order chi connectivity index (χ1) is 14.8. The maximum atomic E-state index is 13.1. The molecule has 0 radical (unpaired) electrons. The van der Waals surface area contributed by atoms with Crippen molar-refractivity contribution in [2.45, 2.75) is 44.4 Å². The fourth-order valence-electron chi connectivity index (χ4n) is 4.87. The smallest absolute Gasteiger partial charge is 0.265 e. The summed E-state index contributed by atoms with van der Waals surface area (Å²) in [5.41, 5.74) is 0.348. The quantitative estimate of drug-likeness (QED) is 0.703. The highest BCUT2D eigenvalue weighted by Gasteiger charge is 2.33. The number of hydrogen-bond acceptors (Lipinski definition) is 5. The molecule has 9 heteroatoms. The molecule has 0 N–H and O–H groups in total. The molecule has 170 valence electrons. The van der Waals surface area contributed by atoms with Crippen LogP contribution in [0.2, 0.25) is 0 Å². The second-order valence-electron chi connectivity index (χ2n) is 9.11. The number of rotatable bonds is 4. The highest BCUT2D eigenvalue weighted by atomic mass is 32.2. The number of piperidine rings is 2. The van der Waals surface area contributed by atoms with E-state index in [0.717, 1.165) is 25.7 Å². The standard InChI is InChI=1S/C22H31N3O5S/c1-16-10-17(2)13-23(12-16)21(26)14-25-19-11-18(6-7-20(19)30-15-22(25)27)31(28,29)24-8-4-3-5-9-24/h6-7,11,16-17H,3-5,8-10,12-15H2,1-2H3. The van der Waals surface area contributed by atoms with Gasteiger partial charge >= 0.3 is 0 Å². The van der Waals surface area contributed by atoms with Gasteiger partial charge in [-0.2, -0.15) is 4.31 Å². The lowest BCUT2D eigenvalue weighted by molar-refractivity contribution is -0.134. The third-order valence-corrected chi connectivity index (χ3v) is 8.24. The van der Waals surface area contributed by atoms with Gasteiger partial charge in [0.25, 0.3) is 5.91 Å². The molecule has 2 amide bonds. The van der Waals surface area contributed by atoms with E-state index >= 15 is 0 Å². The fraction of sp³-hybridized carbons (Fsp3) is 0.636. The number of fused-ring (bicyclic) bond motifs is 1. The normalized spacial score (nSPS) is 25.2. The molecule has 31 heavy (non-hydrogen) atoms. The summed E-state index contributed by atoms with van der Waals surface area (Å²) in [6.07, 6.45) is 3.81. The number of likely N-dealkylation sites (tertiary alicyclic amines) is 1. The highest BCUT2D eigenvalue weighted by Crippen LogP contribution is 2.35. The predicted molar refractivity (Wildman–Crippen MR) is 116 cm³/mol. The van der Waals surface area contributed by atoms with Crippen molar-refractivity contribution in [3.8, 4) is 5.75 Å². The van der Waals surface area contributed by atoms with E-state index in [1.807, 2.05) is 4.90 Å². The zero-order chi connectivity index (χ0) is 22.2. The minimum Gasteiger partial charge on any atom is -0.482 e. The molecule has 2 fully saturated rings. The van der Waals surface area contributed by atoms with Gasteiger partial charge in [-0.05, 0) is 49.3 Å². The van der Waals surface area contributed by atoms with Crippen LogP contribution in [0.1, 0.15) is 39.5 Å². The van der Waals surface area contributed by atoms with Crippen LogP contribution < -0.4 is 9.64 Å². The maximum Gasteiger partial charge on any atom is 0.265 e. The number of nitrogens with zero attached hydrogens (tertiary/aromatic N) is 3. The van der Waals surface area contributed by atoms with Crippen LogP contribution in [-0.2, 0) is 19.6 Å². The summed E-state index contributed by atoms with van der Waals surface area (Å²) in [5, 5.41) is 0. The molecule has 1 aromatic carbocycles. The molecule has 0 spiro atoms. The van der Waals surface area contributed by atoms with Crippen molar-refractivity contribution >= 4 is 27.5 Å². The van der Waals surface area contributed by atoms with Crippen molar-refractivity contribution in [2.75, 3.05) is 44.2 Å². The van der Waals surface area contributed by atoms with Crippen LogP contribution in [0.15, 0.2) is 23.1 Å². The average Bonchev–Trinajstić information content (AvgIpc) is 2.75. The molecule has 2 saturated heterocycles. The SMILES string of the molecule is CC1CC(C)CN(C(=O)CN2C(=O)COc3ccc(S(=O)(=O)N4CCCCC4)cc32)C1. The Morgan fingerprint density at radius 2 is 1.77 bits per heavy atom. The lowest BCUT2D eigenvalue weighted by Gasteiger charge is -2.37. The molecule has 8 nitrogen and oxygen atoms in total. The van der Waals surface area contributed by atoms with Crippen LogP contribution in [0.3, 0.4) is 0 Å². The van der Waals surface area contributed by atoms with Crippen LogP contribution in [-0.4, -0.2) is 68.8 Å². The molecule has 0 saturated carbocycles. The molecule has 0 aliphatic carbocycles. The van der Waals surface area contributed by atoms with E-state index in [2.05, 4.69) is 13.8 Å². The van der Waals surface area contributed by atoms with E-state index < -0.39 is 10.0 Å². The summed E-state index contributed by atoms with van der Waals surface area (Å²) in [7, 11) is -3.66. The topological polar surface area (TPSA) is 87.2 Å². The number of anilines is 1. The van der Waals surface area contributed by atoms with Gasteiger partial charge in [0.15, 0.2) is 6.61 Å². The van der Waals surface area contributed by atoms with Crippen LogP contribution >= 0.6 is 0 Å². The Labute approximate surface area is 184 Å². The van der Waals surface area contributed by atoms with E-state index in [4.69, 9.17) is 4.74 Å². The van der Waals surface area contributed by atoms with Gasteiger partial charge in [0.2, 0.25) is 15.9 Å². The predicted octanol–water partition coefficient (Wildman–Crippen LogP) is 2.09. The summed E-state index contributed by atoms with van der Waals surface area (Å²) < 4.78 is 33.2. The summed E-state index contributed by atoms with van der Waals surface area (Å²) >= 11 is 0. The lowest BCUT2D eigenvalue weighted by Crippen LogP contribution is -2.50. The van der Waals surface area contributed by atoms with E-state index in [1.165, 1.54) is 21.3 Å². The average molecular weight is 450 g/mol. The minimum absolute atomic E-state index is 0.109. The van der Waals surface area contributed by atoms with Crippen molar-refractivity contribution in [1.82, 2.24) is 9.21 Å². The van der Waals surface area contributed by atoms with Gasteiger partial charge in [0.1, 0.15) is 12.3 Å². The van der Waals surface area contributed by atoms with Crippen LogP contribution in [0, 0.1) is 11.8 Å². The van der Waals surface area contributed by atoms with Gasteiger partial charge in [-0.3, -0.25) is 14.5 Å². The summed E-state index contributed by atoms with van der Waals surface area (Å²) in [6, 6.07) is 4.58. The number of sulfonamides is 1. The summed E-state index contributed by atoms with van der Waals surface area (Å²) in [6.45, 7) is 6.35. The summed E-state index contributed by atoms with van der Waals surface area (Å²) in [4.78, 5) is 29.0. The Bertz CT molecular complexity index is 948.